The Bertz CT molecular complexity index is 1850. The summed E-state index contributed by atoms with van der Waals surface area (Å²) in [6, 6.07) is 6.93. The van der Waals surface area contributed by atoms with E-state index in [1.165, 1.54) is 25.0 Å². The lowest BCUT2D eigenvalue weighted by molar-refractivity contribution is 0.107. The molecule has 2 bridgehead atoms. The van der Waals surface area contributed by atoms with Crippen molar-refractivity contribution < 1.29 is 18.6 Å². The zero-order valence-electron chi connectivity index (χ0n) is 25.6. The SMILES string of the molecule is CCc1c(F)ccc2cc(O)cc(-c3ncc4c(N5C[C@H]6CC[C@@H](C5)N6)nc(OCC56CCCN5CC5(CC5)C6)nc4c3F)c12. The second-order valence-corrected chi connectivity index (χ2v) is 14.2. The Morgan fingerprint density at radius 1 is 1.09 bits per heavy atom. The second kappa shape index (κ2) is 9.93. The number of fused-ring (bicyclic) bond motifs is 5. The van der Waals surface area contributed by atoms with Crippen LogP contribution in [0.2, 0.25) is 0 Å². The number of aromatic hydroxyl groups is 1. The first-order valence-electron chi connectivity index (χ1n) is 16.5. The average molecular weight is 613 g/mol. The van der Waals surface area contributed by atoms with Crippen LogP contribution in [0.1, 0.15) is 57.4 Å². The number of pyridine rings is 1. The van der Waals surface area contributed by atoms with Crippen LogP contribution >= 0.6 is 0 Å². The van der Waals surface area contributed by atoms with Gasteiger partial charge in [-0.05, 0) is 97.9 Å². The van der Waals surface area contributed by atoms with E-state index in [0.717, 1.165) is 58.3 Å². The standard InChI is InChI=1S/C35H38F2N6O2/c1-2-24-27(36)7-4-20-12-23(44)13-25(28(20)24)30-29(37)31-26(14-38-30)32(42-15-21-5-6-22(16-42)39-21)41-33(40-31)45-19-35-8-3-11-43(35)18-34(17-35)9-10-34/h4,7,12-14,21-22,39,44H,2-3,5-6,8-11,15-19H2,1H3/t21-,22+,35?. The summed E-state index contributed by atoms with van der Waals surface area (Å²) in [5.41, 5.74) is 1.39. The molecule has 4 aliphatic heterocycles. The smallest absolute Gasteiger partial charge is 0.319 e. The summed E-state index contributed by atoms with van der Waals surface area (Å²) in [6.45, 7) is 6.13. The van der Waals surface area contributed by atoms with Gasteiger partial charge in [-0.1, -0.05) is 13.0 Å². The summed E-state index contributed by atoms with van der Waals surface area (Å²) >= 11 is 0. The van der Waals surface area contributed by atoms with Crippen LogP contribution in [0.15, 0.2) is 30.5 Å². The van der Waals surface area contributed by atoms with Crippen LogP contribution in [-0.2, 0) is 6.42 Å². The average Bonchev–Trinajstić information content (AvgIpc) is 3.39. The molecule has 5 aliphatic rings. The van der Waals surface area contributed by atoms with Gasteiger partial charge in [0.1, 0.15) is 35.2 Å². The van der Waals surface area contributed by atoms with Gasteiger partial charge in [0.2, 0.25) is 0 Å². The third kappa shape index (κ3) is 4.39. The van der Waals surface area contributed by atoms with Gasteiger partial charge in [-0.25, -0.2) is 8.78 Å². The van der Waals surface area contributed by atoms with E-state index in [0.29, 0.717) is 63.6 Å². The Kier molecular flexibility index (Phi) is 6.11. The summed E-state index contributed by atoms with van der Waals surface area (Å²) in [5.74, 6) is -0.400. The molecule has 4 saturated heterocycles. The van der Waals surface area contributed by atoms with Crippen molar-refractivity contribution in [1.82, 2.24) is 25.2 Å². The van der Waals surface area contributed by atoms with Gasteiger partial charge < -0.3 is 20.1 Å². The zero-order valence-corrected chi connectivity index (χ0v) is 25.6. The first-order chi connectivity index (χ1) is 21.8. The summed E-state index contributed by atoms with van der Waals surface area (Å²) in [4.78, 5) is 19.1. The maximum absolute atomic E-state index is 16.9. The lowest BCUT2D eigenvalue weighted by Gasteiger charge is -2.34. The quantitative estimate of drug-likeness (QED) is 0.286. The molecule has 2 aromatic heterocycles. The lowest BCUT2D eigenvalue weighted by Crippen LogP contribution is -2.51. The predicted octanol–water partition coefficient (Wildman–Crippen LogP) is 5.73. The van der Waals surface area contributed by atoms with Gasteiger partial charge in [0, 0.05) is 43.5 Å². The molecule has 3 atom stereocenters. The predicted molar refractivity (Wildman–Crippen MR) is 169 cm³/mol. The van der Waals surface area contributed by atoms with Crippen molar-refractivity contribution in [2.45, 2.75) is 75.9 Å². The first kappa shape index (κ1) is 27.7. The topological polar surface area (TPSA) is 86.6 Å². The highest BCUT2D eigenvalue weighted by molar-refractivity contribution is 6.01. The highest BCUT2D eigenvalue weighted by Gasteiger charge is 2.60. The number of hydrogen-bond acceptors (Lipinski definition) is 8. The molecule has 1 aliphatic carbocycles. The monoisotopic (exact) mass is 612 g/mol. The van der Waals surface area contributed by atoms with Crippen LogP contribution in [0.25, 0.3) is 32.9 Å². The summed E-state index contributed by atoms with van der Waals surface area (Å²) in [7, 11) is 0. The van der Waals surface area contributed by atoms with Crippen molar-refractivity contribution in [2.24, 2.45) is 5.41 Å². The van der Waals surface area contributed by atoms with Gasteiger partial charge >= 0.3 is 6.01 Å². The van der Waals surface area contributed by atoms with Crippen molar-refractivity contribution >= 4 is 27.5 Å². The van der Waals surface area contributed by atoms with Crippen molar-refractivity contribution in [1.29, 1.82) is 0 Å². The molecule has 1 saturated carbocycles. The summed E-state index contributed by atoms with van der Waals surface area (Å²) < 4.78 is 38.3. The molecule has 1 unspecified atom stereocenters. The van der Waals surface area contributed by atoms with Gasteiger partial charge in [-0.3, -0.25) is 9.88 Å². The molecule has 45 heavy (non-hydrogen) atoms. The Balaban J connectivity index is 1.18. The van der Waals surface area contributed by atoms with E-state index in [1.54, 1.807) is 18.3 Å². The number of aryl methyl sites for hydroxylation is 1. The van der Waals surface area contributed by atoms with Crippen molar-refractivity contribution in [3.05, 3.63) is 47.7 Å². The van der Waals surface area contributed by atoms with Crippen LogP contribution in [0.5, 0.6) is 11.8 Å². The molecule has 0 amide bonds. The van der Waals surface area contributed by atoms with E-state index in [-0.39, 0.29) is 34.3 Å². The second-order valence-electron chi connectivity index (χ2n) is 14.2. The number of ether oxygens (including phenoxy) is 1. The number of phenols is 1. The molecule has 10 heteroatoms. The van der Waals surface area contributed by atoms with Crippen LogP contribution < -0.4 is 15.0 Å². The van der Waals surface area contributed by atoms with E-state index < -0.39 is 5.82 Å². The molecule has 4 aromatic rings. The Hall–Kier alpha value is -3.63. The van der Waals surface area contributed by atoms with E-state index in [9.17, 15) is 9.50 Å². The zero-order chi connectivity index (χ0) is 30.5. The fourth-order valence-electron chi connectivity index (χ4n) is 9.04. The van der Waals surface area contributed by atoms with E-state index >= 15 is 4.39 Å². The number of halogens is 2. The Morgan fingerprint density at radius 3 is 2.69 bits per heavy atom. The third-order valence-electron chi connectivity index (χ3n) is 11.3. The minimum atomic E-state index is -0.629. The van der Waals surface area contributed by atoms with E-state index in [1.807, 2.05) is 6.92 Å². The van der Waals surface area contributed by atoms with Crippen LogP contribution in [0, 0.1) is 17.0 Å². The van der Waals surface area contributed by atoms with Gasteiger partial charge in [0.25, 0.3) is 0 Å². The number of rotatable bonds is 6. The lowest BCUT2D eigenvalue weighted by atomic mass is 9.89. The molecule has 234 valence electrons. The maximum atomic E-state index is 16.9. The molecule has 2 aromatic carbocycles. The van der Waals surface area contributed by atoms with Gasteiger partial charge in [0.15, 0.2) is 5.82 Å². The highest BCUT2D eigenvalue weighted by Crippen LogP contribution is 2.60. The fraction of sp³-hybridized carbons (Fsp3) is 0.514. The molecule has 1 spiro atoms. The minimum absolute atomic E-state index is 0.00775. The summed E-state index contributed by atoms with van der Waals surface area (Å²) in [6.07, 6.45) is 10.2. The largest absolute Gasteiger partial charge is 0.508 e. The normalized spacial score (nSPS) is 26.8. The van der Waals surface area contributed by atoms with Crippen LogP contribution in [0.3, 0.4) is 0 Å². The molecule has 6 heterocycles. The number of nitrogens with one attached hydrogen (secondary N) is 1. The molecule has 2 N–H and O–H groups in total. The van der Waals surface area contributed by atoms with Crippen molar-refractivity contribution in [3.63, 3.8) is 0 Å². The van der Waals surface area contributed by atoms with E-state index in [2.05, 4.69) is 20.1 Å². The number of piperazine rings is 1. The molecule has 8 nitrogen and oxygen atoms in total. The highest BCUT2D eigenvalue weighted by atomic mass is 19.1. The Morgan fingerprint density at radius 2 is 1.91 bits per heavy atom. The molecule has 5 fully saturated rings. The van der Waals surface area contributed by atoms with Crippen LogP contribution in [-0.4, -0.2) is 75.4 Å². The van der Waals surface area contributed by atoms with Crippen molar-refractivity contribution in [3.8, 4) is 23.0 Å². The molecule has 9 rings (SSSR count). The molecule has 0 radical (unpaired) electrons. The van der Waals surface area contributed by atoms with Crippen LogP contribution in [0.4, 0.5) is 14.6 Å². The maximum Gasteiger partial charge on any atom is 0.319 e. The number of anilines is 1. The molecular formula is C35H38F2N6O2. The summed E-state index contributed by atoms with van der Waals surface area (Å²) in [5, 5.41) is 16.0. The van der Waals surface area contributed by atoms with E-state index in [4.69, 9.17) is 14.7 Å². The number of aromatic nitrogens is 3. The molecular weight excluding hydrogens is 574 g/mol. The van der Waals surface area contributed by atoms with Gasteiger partial charge in [-0.2, -0.15) is 9.97 Å². The van der Waals surface area contributed by atoms with Gasteiger partial charge in [-0.15, -0.1) is 0 Å². The minimum Gasteiger partial charge on any atom is -0.508 e. The number of phenolic OH excluding ortho intramolecular Hbond substituents is 1. The third-order valence-corrected chi connectivity index (χ3v) is 11.3. The first-order valence-corrected chi connectivity index (χ1v) is 16.5. The Labute approximate surface area is 260 Å². The van der Waals surface area contributed by atoms with Crippen molar-refractivity contribution in [2.75, 3.05) is 37.7 Å². The number of benzene rings is 2. The number of nitrogens with zero attached hydrogens (tertiary/aromatic N) is 5. The van der Waals surface area contributed by atoms with Gasteiger partial charge in [0.05, 0.1) is 10.9 Å². The fourth-order valence-corrected chi connectivity index (χ4v) is 9.04. The number of hydrogen-bond donors (Lipinski definition) is 2.